The molecule has 0 aliphatic heterocycles. The van der Waals surface area contributed by atoms with Crippen LogP contribution in [0.25, 0.3) is 0 Å². The maximum absolute atomic E-state index is 11.5. The van der Waals surface area contributed by atoms with E-state index in [1.165, 1.54) is 0 Å². The Balaban J connectivity index is 0. The third kappa shape index (κ3) is 9.35. The maximum Gasteiger partial charge on any atom is 0.237 e. The van der Waals surface area contributed by atoms with E-state index in [1.54, 1.807) is 7.11 Å². The SMILES string of the molecule is COCCN(C)CCNC(=O)[C@@H](N)C(C)C.Cl. The molecular weight excluding hydrogens is 242 g/mol. The summed E-state index contributed by atoms with van der Waals surface area (Å²) in [5, 5.41) is 2.82. The minimum absolute atomic E-state index is 0. The number of hydrogen-bond acceptors (Lipinski definition) is 4. The van der Waals surface area contributed by atoms with Crippen LogP contribution < -0.4 is 11.1 Å². The molecule has 1 atom stereocenters. The largest absolute Gasteiger partial charge is 0.383 e. The molecule has 0 aliphatic carbocycles. The van der Waals surface area contributed by atoms with Crippen LogP contribution in [0.4, 0.5) is 0 Å². The summed E-state index contributed by atoms with van der Waals surface area (Å²) in [6.45, 7) is 6.88. The van der Waals surface area contributed by atoms with Crippen LogP contribution in [-0.4, -0.2) is 57.2 Å². The molecule has 0 saturated carbocycles. The molecule has 104 valence electrons. The van der Waals surface area contributed by atoms with Gasteiger partial charge in [-0.25, -0.2) is 0 Å². The summed E-state index contributed by atoms with van der Waals surface area (Å²) in [6, 6.07) is -0.413. The number of carbonyl (C=O) groups excluding carboxylic acids is 1. The van der Waals surface area contributed by atoms with Crippen LogP contribution in [0.15, 0.2) is 0 Å². The van der Waals surface area contributed by atoms with E-state index in [-0.39, 0.29) is 24.2 Å². The van der Waals surface area contributed by atoms with Crippen LogP contribution in [0.3, 0.4) is 0 Å². The van der Waals surface area contributed by atoms with Gasteiger partial charge in [0.1, 0.15) is 0 Å². The van der Waals surface area contributed by atoms with Crippen LogP contribution in [0, 0.1) is 5.92 Å². The lowest BCUT2D eigenvalue weighted by atomic mass is 10.1. The smallest absolute Gasteiger partial charge is 0.237 e. The number of nitrogens with zero attached hydrogens (tertiary/aromatic N) is 1. The van der Waals surface area contributed by atoms with Crippen LogP contribution in [0.5, 0.6) is 0 Å². The fourth-order valence-corrected chi connectivity index (χ4v) is 1.15. The number of halogens is 1. The summed E-state index contributed by atoms with van der Waals surface area (Å²) in [7, 11) is 3.67. The van der Waals surface area contributed by atoms with Gasteiger partial charge in [0.15, 0.2) is 0 Å². The first-order valence-electron chi connectivity index (χ1n) is 5.69. The second-order valence-electron chi connectivity index (χ2n) is 4.36. The number of nitrogens with one attached hydrogen (secondary N) is 1. The molecule has 0 heterocycles. The first kappa shape index (κ1) is 19.0. The summed E-state index contributed by atoms with van der Waals surface area (Å²) in [5.41, 5.74) is 5.71. The molecule has 0 aliphatic rings. The summed E-state index contributed by atoms with van der Waals surface area (Å²) in [4.78, 5) is 13.6. The summed E-state index contributed by atoms with van der Waals surface area (Å²) >= 11 is 0. The molecule has 0 aromatic carbocycles. The summed E-state index contributed by atoms with van der Waals surface area (Å²) < 4.78 is 4.96. The number of carbonyl (C=O) groups is 1. The van der Waals surface area contributed by atoms with Crippen molar-refractivity contribution in [2.45, 2.75) is 19.9 Å². The highest BCUT2D eigenvalue weighted by Gasteiger charge is 2.16. The quantitative estimate of drug-likeness (QED) is 0.654. The number of amides is 1. The lowest BCUT2D eigenvalue weighted by Crippen LogP contribution is -2.46. The topological polar surface area (TPSA) is 67.6 Å². The highest BCUT2D eigenvalue weighted by Crippen LogP contribution is 1.97. The Hall–Kier alpha value is -0.360. The minimum Gasteiger partial charge on any atom is -0.383 e. The van der Waals surface area contributed by atoms with E-state index in [1.807, 2.05) is 20.9 Å². The lowest BCUT2D eigenvalue weighted by Gasteiger charge is -2.18. The van der Waals surface area contributed by atoms with Crippen LogP contribution >= 0.6 is 12.4 Å². The van der Waals surface area contributed by atoms with Gasteiger partial charge in [-0.3, -0.25) is 4.79 Å². The number of ether oxygens (including phenoxy) is 1. The molecule has 0 bridgehead atoms. The van der Waals surface area contributed by atoms with Gasteiger partial charge in [0.2, 0.25) is 5.91 Å². The standard InChI is InChI=1S/C11H25N3O2.ClH/c1-9(2)10(12)11(15)13-5-6-14(3)7-8-16-4;/h9-10H,5-8,12H2,1-4H3,(H,13,15);1H/t10-;/m0./s1. The first-order valence-corrected chi connectivity index (χ1v) is 5.69. The fourth-order valence-electron chi connectivity index (χ4n) is 1.15. The highest BCUT2D eigenvalue weighted by atomic mass is 35.5. The highest BCUT2D eigenvalue weighted by molar-refractivity contribution is 5.85. The molecule has 3 N–H and O–H groups in total. The van der Waals surface area contributed by atoms with E-state index in [4.69, 9.17) is 10.5 Å². The minimum atomic E-state index is -0.413. The molecule has 0 unspecified atom stereocenters. The molecule has 5 nitrogen and oxygen atoms in total. The van der Waals surface area contributed by atoms with Crippen molar-refractivity contribution in [2.75, 3.05) is 40.4 Å². The van der Waals surface area contributed by atoms with Crippen molar-refractivity contribution in [1.29, 1.82) is 0 Å². The van der Waals surface area contributed by atoms with E-state index >= 15 is 0 Å². The fraction of sp³-hybridized carbons (Fsp3) is 0.909. The molecule has 6 heteroatoms. The Labute approximate surface area is 110 Å². The average Bonchev–Trinajstić information content (AvgIpc) is 2.24. The number of likely N-dealkylation sites (N-methyl/N-ethyl adjacent to an activating group) is 1. The number of rotatable bonds is 8. The predicted octanol–water partition coefficient (Wildman–Crippen LogP) is 0.0859. The third-order valence-corrected chi connectivity index (χ3v) is 2.49. The van der Waals surface area contributed by atoms with Gasteiger partial charge in [0.05, 0.1) is 12.6 Å². The average molecular weight is 268 g/mol. The van der Waals surface area contributed by atoms with E-state index in [0.717, 1.165) is 13.1 Å². The van der Waals surface area contributed by atoms with Crippen LogP contribution in [0.2, 0.25) is 0 Å². The Morgan fingerprint density at radius 2 is 2.00 bits per heavy atom. The molecule has 0 spiro atoms. The number of hydrogen-bond donors (Lipinski definition) is 2. The monoisotopic (exact) mass is 267 g/mol. The van der Waals surface area contributed by atoms with Gasteiger partial charge >= 0.3 is 0 Å². The number of methoxy groups -OCH3 is 1. The van der Waals surface area contributed by atoms with Crippen molar-refractivity contribution in [3.05, 3.63) is 0 Å². The zero-order chi connectivity index (χ0) is 12.6. The normalized spacial score (nSPS) is 12.4. The molecule has 17 heavy (non-hydrogen) atoms. The molecule has 0 fully saturated rings. The van der Waals surface area contributed by atoms with Crippen molar-refractivity contribution in [1.82, 2.24) is 10.2 Å². The van der Waals surface area contributed by atoms with Gasteiger partial charge in [0.25, 0.3) is 0 Å². The molecular formula is C11H26ClN3O2. The first-order chi connectivity index (χ1) is 7.49. The Morgan fingerprint density at radius 3 is 2.47 bits per heavy atom. The Bertz CT molecular complexity index is 203. The van der Waals surface area contributed by atoms with Crippen molar-refractivity contribution in [3.8, 4) is 0 Å². The second kappa shape index (κ2) is 10.8. The molecule has 0 saturated heterocycles. The molecule has 0 radical (unpaired) electrons. The molecule has 1 amide bonds. The van der Waals surface area contributed by atoms with Crippen molar-refractivity contribution in [2.24, 2.45) is 11.7 Å². The predicted molar refractivity (Wildman–Crippen MR) is 72.4 cm³/mol. The summed E-state index contributed by atoms with van der Waals surface area (Å²) in [5.74, 6) is 0.0985. The van der Waals surface area contributed by atoms with Gasteiger partial charge in [0, 0.05) is 26.7 Å². The van der Waals surface area contributed by atoms with Crippen molar-refractivity contribution >= 4 is 18.3 Å². The van der Waals surface area contributed by atoms with Gasteiger partial charge in [-0.2, -0.15) is 0 Å². The second-order valence-corrected chi connectivity index (χ2v) is 4.36. The van der Waals surface area contributed by atoms with Crippen LogP contribution in [-0.2, 0) is 9.53 Å². The van der Waals surface area contributed by atoms with Gasteiger partial charge in [-0.15, -0.1) is 12.4 Å². The third-order valence-electron chi connectivity index (χ3n) is 2.49. The van der Waals surface area contributed by atoms with Gasteiger partial charge in [-0.1, -0.05) is 13.8 Å². The Kier molecular flexibility index (Phi) is 12.0. The van der Waals surface area contributed by atoms with Gasteiger partial charge in [-0.05, 0) is 13.0 Å². The maximum atomic E-state index is 11.5. The lowest BCUT2D eigenvalue weighted by molar-refractivity contribution is -0.123. The molecule has 0 rings (SSSR count). The van der Waals surface area contributed by atoms with Crippen LogP contribution in [0.1, 0.15) is 13.8 Å². The zero-order valence-electron chi connectivity index (χ0n) is 11.2. The Morgan fingerprint density at radius 1 is 1.41 bits per heavy atom. The van der Waals surface area contributed by atoms with E-state index in [2.05, 4.69) is 10.2 Å². The van der Waals surface area contributed by atoms with Crippen molar-refractivity contribution < 1.29 is 9.53 Å². The summed E-state index contributed by atoms with van der Waals surface area (Å²) in [6.07, 6.45) is 0. The zero-order valence-corrected chi connectivity index (χ0v) is 12.0. The van der Waals surface area contributed by atoms with E-state index < -0.39 is 6.04 Å². The molecule has 0 aromatic rings. The van der Waals surface area contributed by atoms with Crippen molar-refractivity contribution in [3.63, 3.8) is 0 Å². The van der Waals surface area contributed by atoms with Gasteiger partial charge < -0.3 is 20.7 Å². The molecule has 0 aromatic heterocycles. The van der Waals surface area contributed by atoms with E-state index in [0.29, 0.717) is 13.2 Å². The number of nitrogens with two attached hydrogens (primary N) is 1. The van der Waals surface area contributed by atoms with E-state index in [9.17, 15) is 4.79 Å².